The van der Waals surface area contributed by atoms with E-state index in [1.807, 2.05) is 12.1 Å². The van der Waals surface area contributed by atoms with Crippen molar-refractivity contribution < 1.29 is 4.74 Å². The number of aryl methyl sites for hydroxylation is 2. The van der Waals surface area contributed by atoms with E-state index < -0.39 is 0 Å². The van der Waals surface area contributed by atoms with Gasteiger partial charge in [0.25, 0.3) is 0 Å². The fourth-order valence-corrected chi connectivity index (χ4v) is 5.09. The number of imidazole rings is 1. The van der Waals surface area contributed by atoms with Crippen LogP contribution in [0.2, 0.25) is 0 Å². The number of benzene rings is 2. The van der Waals surface area contributed by atoms with E-state index in [9.17, 15) is 0 Å². The fraction of sp³-hybridized carbons (Fsp3) is 0.606. The van der Waals surface area contributed by atoms with Crippen LogP contribution < -0.4 is 4.74 Å². The fourth-order valence-electron chi connectivity index (χ4n) is 5.09. The summed E-state index contributed by atoms with van der Waals surface area (Å²) in [5, 5.41) is 0. The van der Waals surface area contributed by atoms with Crippen molar-refractivity contribution in [3.8, 4) is 5.75 Å². The van der Waals surface area contributed by atoms with Gasteiger partial charge in [-0.05, 0) is 37.6 Å². The third-order valence-corrected chi connectivity index (χ3v) is 7.36. The average Bonchev–Trinajstić information content (AvgIpc) is 3.25. The van der Waals surface area contributed by atoms with Gasteiger partial charge >= 0.3 is 0 Å². The number of ether oxygens (including phenoxy) is 1. The van der Waals surface area contributed by atoms with Crippen LogP contribution in [0.4, 0.5) is 0 Å². The van der Waals surface area contributed by atoms with E-state index >= 15 is 0 Å². The Kier molecular flexibility index (Phi) is 13.5. The monoisotopic (exact) mass is 490 g/mol. The summed E-state index contributed by atoms with van der Waals surface area (Å²) < 4.78 is 8.44. The molecule has 3 heteroatoms. The van der Waals surface area contributed by atoms with Crippen molar-refractivity contribution in [3.05, 3.63) is 59.9 Å². The first-order chi connectivity index (χ1) is 17.8. The summed E-state index contributed by atoms with van der Waals surface area (Å²) in [6.07, 6.45) is 22.4. The van der Waals surface area contributed by atoms with E-state index in [0.717, 1.165) is 23.6 Å². The van der Waals surface area contributed by atoms with Crippen LogP contribution in [0.3, 0.4) is 0 Å². The SMILES string of the molecule is CCCCCCCCCCCCCCCCCCn1c(COc2ccc(C)cc2)nc2ccccc21. The van der Waals surface area contributed by atoms with Gasteiger partial charge in [-0.1, -0.05) is 133 Å². The number of fused-ring (bicyclic) bond motifs is 1. The molecular formula is C33H50N2O. The van der Waals surface area contributed by atoms with Gasteiger partial charge in [-0.25, -0.2) is 4.98 Å². The third-order valence-electron chi connectivity index (χ3n) is 7.36. The number of hydrogen-bond acceptors (Lipinski definition) is 2. The maximum absolute atomic E-state index is 6.07. The Bertz CT molecular complexity index is 959. The lowest BCUT2D eigenvalue weighted by Gasteiger charge is -2.11. The summed E-state index contributed by atoms with van der Waals surface area (Å²) in [7, 11) is 0. The number of rotatable bonds is 20. The minimum atomic E-state index is 0.511. The molecule has 2 aromatic carbocycles. The van der Waals surface area contributed by atoms with Crippen LogP contribution in [0, 0.1) is 6.92 Å². The minimum absolute atomic E-state index is 0.511. The molecular weight excluding hydrogens is 440 g/mol. The van der Waals surface area contributed by atoms with E-state index in [4.69, 9.17) is 9.72 Å². The zero-order valence-corrected chi connectivity index (χ0v) is 23.1. The quantitative estimate of drug-likeness (QED) is 0.147. The van der Waals surface area contributed by atoms with Crippen molar-refractivity contribution in [2.24, 2.45) is 0 Å². The van der Waals surface area contributed by atoms with Crippen LogP contribution in [0.25, 0.3) is 11.0 Å². The van der Waals surface area contributed by atoms with Gasteiger partial charge in [0.15, 0.2) is 0 Å². The normalized spacial score (nSPS) is 11.4. The topological polar surface area (TPSA) is 27.1 Å². The van der Waals surface area contributed by atoms with Crippen LogP contribution >= 0.6 is 0 Å². The van der Waals surface area contributed by atoms with E-state index in [0.29, 0.717) is 6.61 Å². The Morgan fingerprint density at radius 3 is 1.75 bits per heavy atom. The molecule has 1 heterocycles. The van der Waals surface area contributed by atoms with Crippen LogP contribution in [0.5, 0.6) is 5.75 Å². The lowest BCUT2D eigenvalue weighted by atomic mass is 10.0. The summed E-state index contributed by atoms with van der Waals surface area (Å²) in [5.41, 5.74) is 3.54. The predicted molar refractivity (Wildman–Crippen MR) is 155 cm³/mol. The van der Waals surface area contributed by atoms with Crippen LogP contribution in [-0.2, 0) is 13.2 Å². The molecule has 36 heavy (non-hydrogen) atoms. The highest BCUT2D eigenvalue weighted by Crippen LogP contribution is 2.20. The molecule has 0 saturated carbocycles. The first-order valence-corrected chi connectivity index (χ1v) is 14.9. The molecule has 3 rings (SSSR count). The summed E-state index contributed by atoms with van der Waals surface area (Å²) in [5.74, 6) is 1.93. The van der Waals surface area contributed by atoms with Gasteiger partial charge in [0.1, 0.15) is 18.2 Å². The number of hydrogen-bond donors (Lipinski definition) is 0. The second kappa shape index (κ2) is 17.2. The highest BCUT2D eigenvalue weighted by atomic mass is 16.5. The summed E-state index contributed by atoms with van der Waals surface area (Å²) in [4.78, 5) is 4.88. The maximum Gasteiger partial charge on any atom is 0.147 e. The molecule has 0 atom stereocenters. The maximum atomic E-state index is 6.07. The standard InChI is InChI=1S/C33H50N2O/c1-3-4-5-6-7-8-9-10-11-12-13-14-15-16-17-20-27-35-32-22-19-18-21-31(32)34-33(35)28-36-30-25-23-29(2)24-26-30/h18-19,21-26H,3-17,20,27-28H2,1-2H3. The number of aromatic nitrogens is 2. The van der Waals surface area contributed by atoms with Crippen LogP contribution in [0.15, 0.2) is 48.5 Å². The second-order valence-corrected chi connectivity index (χ2v) is 10.6. The van der Waals surface area contributed by atoms with Crippen molar-refractivity contribution in [2.45, 2.75) is 130 Å². The molecule has 3 aromatic rings. The smallest absolute Gasteiger partial charge is 0.147 e. The molecule has 0 spiro atoms. The summed E-state index contributed by atoms with van der Waals surface area (Å²) in [6.45, 7) is 5.92. The molecule has 0 unspecified atom stereocenters. The van der Waals surface area contributed by atoms with Crippen molar-refractivity contribution in [1.82, 2.24) is 9.55 Å². The van der Waals surface area contributed by atoms with Gasteiger partial charge in [0.05, 0.1) is 11.0 Å². The first-order valence-electron chi connectivity index (χ1n) is 14.9. The Hall–Kier alpha value is -2.29. The van der Waals surface area contributed by atoms with Gasteiger partial charge in [-0.3, -0.25) is 0 Å². The zero-order valence-electron chi connectivity index (χ0n) is 23.1. The highest BCUT2D eigenvalue weighted by molar-refractivity contribution is 5.75. The Morgan fingerprint density at radius 2 is 1.17 bits per heavy atom. The molecule has 0 aliphatic heterocycles. The van der Waals surface area contributed by atoms with Crippen LogP contribution in [-0.4, -0.2) is 9.55 Å². The van der Waals surface area contributed by atoms with E-state index in [2.05, 4.69) is 54.8 Å². The molecule has 0 fully saturated rings. The first kappa shape index (κ1) is 28.3. The number of para-hydroxylation sites is 2. The molecule has 0 saturated heterocycles. The Morgan fingerprint density at radius 1 is 0.639 bits per heavy atom. The molecule has 198 valence electrons. The molecule has 0 radical (unpaired) electrons. The Balaban J connectivity index is 1.27. The van der Waals surface area contributed by atoms with Gasteiger partial charge in [0.2, 0.25) is 0 Å². The molecule has 0 aliphatic rings. The highest BCUT2D eigenvalue weighted by Gasteiger charge is 2.11. The number of nitrogens with zero attached hydrogens (tertiary/aromatic N) is 2. The zero-order chi connectivity index (χ0) is 25.3. The summed E-state index contributed by atoms with van der Waals surface area (Å²) in [6, 6.07) is 16.7. The van der Waals surface area contributed by atoms with Crippen molar-refractivity contribution in [3.63, 3.8) is 0 Å². The molecule has 0 aliphatic carbocycles. The van der Waals surface area contributed by atoms with Gasteiger partial charge < -0.3 is 9.30 Å². The molecule has 0 N–H and O–H groups in total. The predicted octanol–water partition coefficient (Wildman–Crippen LogP) is 10.2. The van der Waals surface area contributed by atoms with Gasteiger partial charge in [-0.2, -0.15) is 0 Å². The molecule has 0 amide bonds. The molecule has 0 bridgehead atoms. The lowest BCUT2D eigenvalue weighted by molar-refractivity contribution is 0.289. The molecule has 1 aromatic heterocycles. The molecule has 3 nitrogen and oxygen atoms in total. The number of unbranched alkanes of at least 4 members (excludes halogenated alkanes) is 15. The van der Waals surface area contributed by atoms with Gasteiger partial charge in [-0.15, -0.1) is 0 Å². The Labute approximate surface area is 220 Å². The van der Waals surface area contributed by atoms with E-state index in [1.54, 1.807) is 0 Å². The minimum Gasteiger partial charge on any atom is -0.486 e. The van der Waals surface area contributed by atoms with Crippen LogP contribution in [0.1, 0.15) is 121 Å². The average molecular weight is 491 g/mol. The van der Waals surface area contributed by atoms with Gasteiger partial charge in [0, 0.05) is 6.54 Å². The van der Waals surface area contributed by atoms with E-state index in [-0.39, 0.29) is 0 Å². The van der Waals surface area contributed by atoms with Crippen molar-refractivity contribution >= 4 is 11.0 Å². The van der Waals surface area contributed by atoms with Crippen molar-refractivity contribution in [1.29, 1.82) is 0 Å². The third kappa shape index (κ3) is 10.4. The lowest BCUT2D eigenvalue weighted by Crippen LogP contribution is -2.07. The largest absolute Gasteiger partial charge is 0.486 e. The second-order valence-electron chi connectivity index (χ2n) is 10.6. The van der Waals surface area contributed by atoms with Crippen molar-refractivity contribution in [2.75, 3.05) is 0 Å². The van der Waals surface area contributed by atoms with E-state index in [1.165, 1.54) is 114 Å². The summed E-state index contributed by atoms with van der Waals surface area (Å²) >= 11 is 0.